The first-order valence-electron chi connectivity index (χ1n) is 7.47. The lowest BCUT2D eigenvalue weighted by molar-refractivity contribution is -0.148. The lowest BCUT2D eigenvalue weighted by Gasteiger charge is -2.61. The van der Waals surface area contributed by atoms with Gasteiger partial charge in [-0.05, 0) is 70.1 Å². The van der Waals surface area contributed by atoms with Gasteiger partial charge in [-0.1, -0.05) is 0 Å². The number of aliphatic carboxylic acids is 1. The Bertz CT molecular complexity index is 315. The van der Waals surface area contributed by atoms with Crippen LogP contribution < -0.4 is 0 Å². The third-order valence-electron chi connectivity index (χ3n) is 5.54. The van der Waals surface area contributed by atoms with Crippen LogP contribution in [0.5, 0.6) is 0 Å². The standard InChI is InChI=1S/C15H25NO2/c1-10(2)16(9-14(17)18)15-6-11-3-12(7-15)5-13(4-11)8-15/h10-13H,3-9H2,1-2H3,(H,17,18). The van der Waals surface area contributed by atoms with E-state index in [1.165, 1.54) is 38.5 Å². The van der Waals surface area contributed by atoms with E-state index in [-0.39, 0.29) is 12.1 Å². The third kappa shape index (κ3) is 1.97. The minimum atomic E-state index is -0.667. The molecule has 0 aromatic rings. The van der Waals surface area contributed by atoms with Gasteiger partial charge < -0.3 is 5.11 Å². The fraction of sp³-hybridized carbons (Fsp3) is 0.933. The number of carboxylic acid groups (broad SMARTS) is 1. The second-order valence-corrected chi connectivity index (χ2v) is 7.26. The monoisotopic (exact) mass is 251 g/mol. The summed E-state index contributed by atoms with van der Waals surface area (Å²) in [5.74, 6) is 1.98. The molecule has 4 rings (SSSR count). The average Bonchev–Trinajstić information content (AvgIpc) is 2.23. The van der Waals surface area contributed by atoms with E-state index in [0.717, 1.165) is 17.8 Å². The van der Waals surface area contributed by atoms with Gasteiger partial charge in [0.05, 0.1) is 6.54 Å². The van der Waals surface area contributed by atoms with Crippen LogP contribution in [0, 0.1) is 17.8 Å². The Morgan fingerprint density at radius 2 is 1.61 bits per heavy atom. The minimum Gasteiger partial charge on any atom is -0.480 e. The van der Waals surface area contributed by atoms with Crippen LogP contribution in [0.4, 0.5) is 0 Å². The Morgan fingerprint density at radius 3 is 1.94 bits per heavy atom. The summed E-state index contributed by atoms with van der Waals surface area (Å²) in [5, 5.41) is 9.19. The van der Waals surface area contributed by atoms with E-state index in [0.29, 0.717) is 6.04 Å². The minimum absolute atomic E-state index is 0.224. The van der Waals surface area contributed by atoms with Crippen molar-refractivity contribution in [1.29, 1.82) is 0 Å². The van der Waals surface area contributed by atoms with E-state index in [2.05, 4.69) is 18.7 Å². The fourth-order valence-electron chi connectivity index (χ4n) is 5.46. The summed E-state index contributed by atoms with van der Waals surface area (Å²) >= 11 is 0. The normalized spacial score (nSPS) is 41.9. The molecule has 102 valence electrons. The van der Waals surface area contributed by atoms with Gasteiger partial charge in [0.1, 0.15) is 0 Å². The summed E-state index contributed by atoms with van der Waals surface area (Å²) in [5.41, 5.74) is 0.224. The van der Waals surface area contributed by atoms with Crippen molar-refractivity contribution in [1.82, 2.24) is 4.90 Å². The van der Waals surface area contributed by atoms with Crippen LogP contribution in [0.25, 0.3) is 0 Å². The highest BCUT2D eigenvalue weighted by Crippen LogP contribution is 2.58. The Labute approximate surface area is 110 Å². The SMILES string of the molecule is CC(C)N(CC(=O)O)C12CC3CC(CC(C3)C1)C2. The summed E-state index contributed by atoms with van der Waals surface area (Å²) in [6.45, 7) is 4.53. The average molecular weight is 251 g/mol. The van der Waals surface area contributed by atoms with Crippen LogP contribution in [0.2, 0.25) is 0 Å². The molecule has 0 aromatic heterocycles. The van der Waals surface area contributed by atoms with Gasteiger partial charge in [0.25, 0.3) is 0 Å². The molecule has 4 bridgehead atoms. The Hall–Kier alpha value is -0.570. The predicted molar refractivity (Wildman–Crippen MR) is 70.4 cm³/mol. The molecule has 0 radical (unpaired) electrons. The predicted octanol–water partition coefficient (Wildman–Crippen LogP) is 2.75. The van der Waals surface area contributed by atoms with Crippen molar-refractivity contribution < 1.29 is 9.90 Å². The lowest BCUT2D eigenvalue weighted by Crippen LogP contribution is -2.62. The first kappa shape index (κ1) is 12.5. The molecular weight excluding hydrogens is 226 g/mol. The molecule has 0 saturated heterocycles. The third-order valence-corrected chi connectivity index (χ3v) is 5.54. The van der Waals surface area contributed by atoms with Crippen LogP contribution in [-0.2, 0) is 4.79 Å². The number of nitrogens with zero attached hydrogens (tertiary/aromatic N) is 1. The zero-order valence-corrected chi connectivity index (χ0v) is 11.6. The summed E-state index contributed by atoms with van der Waals surface area (Å²) in [4.78, 5) is 13.5. The maximum atomic E-state index is 11.2. The molecule has 4 aliphatic rings. The molecule has 0 atom stereocenters. The van der Waals surface area contributed by atoms with Gasteiger partial charge in [0.2, 0.25) is 0 Å². The van der Waals surface area contributed by atoms with Crippen molar-refractivity contribution in [3.05, 3.63) is 0 Å². The molecule has 4 aliphatic carbocycles. The molecule has 4 saturated carbocycles. The first-order chi connectivity index (χ1) is 8.48. The van der Waals surface area contributed by atoms with E-state index in [1.807, 2.05) is 0 Å². The van der Waals surface area contributed by atoms with E-state index in [1.54, 1.807) is 0 Å². The van der Waals surface area contributed by atoms with Crippen LogP contribution in [0.1, 0.15) is 52.4 Å². The molecule has 0 unspecified atom stereocenters. The molecule has 0 spiro atoms. The van der Waals surface area contributed by atoms with Crippen molar-refractivity contribution in [2.45, 2.75) is 64.0 Å². The molecule has 3 heteroatoms. The van der Waals surface area contributed by atoms with Crippen LogP contribution in [0.15, 0.2) is 0 Å². The van der Waals surface area contributed by atoms with E-state index < -0.39 is 5.97 Å². The zero-order valence-electron chi connectivity index (χ0n) is 11.6. The lowest BCUT2D eigenvalue weighted by atomic mass is 9.52. The van der Waals surface area contributed by atoms with E-state index in [9.17, 15) is 9.90 Å². The Morgan fingerprint density at radius 1 is 1.17 bits per heavy atom. The molecule has 0 aromatic carbocycles. The van der Waals surface area contributed by atoms with E-state index in [4.69, 9.17) is 0 Å². The van der Waals surface area contributed by atoms with Crippen molar-refractivity contribution in [2.75, 3.05) is 6.54 Å². The van der Waals surface area contributed by atoms with Gasteiger partial charge in [-0.3, -0.25) is 9.69 Å². The number of hydrogen-bond donors (Lipinski definition) is 1. The van der Waals surface area contributed by atoms with Gasteiger partial charge in [0.15, 0.2) is 0 Å². The van der Waals surface area contributed by atoms with Gasteiger partial charge in [-0.2, -0.15) is 0 Å². The van der Waals surface area contributed by atoms with Crippen molar-refractivity contribution >= 4 is 5.97 Å². The summed E-state index contributed by atoms with van der Waals surface area (Å²) < 4.78 is 0. The van der Waals surface area contributed by atoms with E-state index >= 15 is 0 Å². The highest BCUT2D eigenvalue weighted by molar-refractivity contribution is 5.69. The number of rotatable bonds is 4. The topological polar surface area (TPSA) is 40.5 Å². The highest BCUT2D eigenvalue weighted by Gasteiger charge is 2.54. The molecule has 18 heavy (non-hydrogen) atoms. The second-order valence-electron chi connectivity index (χ2n) is 7.26. The number of hydrogen-bond acceptors (Lipinski definition) is 2. The van der Waals surface area contributed by atoms with Crippen LogP contribution in [0.3, 0.4) is 0 Å². The van der Waals surface area contributed by atoms with Gasteiger partial charge in [0, 0.05) is 11.6 Å². The zero-order chi connectivity index (χ0) is 12.9. The summed E-state index contributed by atoms with van der Waals surface area (Å²) in [6, 6.07) is 0.345. The Balaban J connectivity index is 1.86. The maximum Gasteiger partial charge on any atom is 0.317 e. The van der Waals surface area contributed by atoms with Gasteiger partial charge in [-0.15, -0.1) is 0 Å². The molecular formula is C15H25NO2. The molecule has 4 fully saturated rings. The van der Waals surface area contributed by atoms with Crippen molar-refractivity contribution in [2.24, 2.45) is 17.8 Å². The second kappa shape index (κ2) is 4.22. The molecule has 0 heterocycles. The summed E-state index contributed by atoms with van der Waals surface area (Å²) in [7, 11) is 0. The molecule has 0 aliphatic heterocycles. The molecule has 3 nitrogen and oxygen atoms in total. The number of carbonyl (C=O) groups is 1. The van der Waals surface area contributed by atoms with Gasteiger partial charge in [-0.25, -0.2) is 0 Å². The quantitative estimate of drug-likeness (QED) is 0.835. The summed E-state index contributed by atoms with van der Waals surface area (Å²) in [6.07, 6.45) is 8.01. The van der Waals surface area contributed by atoms with Crippen LogP contribution >= 0.6 is 0 Å². The first-order valence-corrected chi connectivity index (χ1v) is 7.47. The molecule has 0 amide bonds. The van der Waals surface area contributed by atoms with Crippen LogP contribution in [-0.4, -0.2) is 34.1 Å². The van der Waals surface area contributed by atoms with Gasteiger partial charge >= 0.3 is 5.97 Å². The highest BCUT2D eigenvalue weighted by atomic mass is 16.4. The fourth-order valence-corrected chi connectivity index (χ4v) is 5.46. The maximum absolute atomic E-state index is 11.2. The van der Waals surface area contributed by atoms with Crippen molar-refractivity contribution in [3.8, 4) is 0 Å². The smallest absolute Gasteiger partial charge is 0.317 e. The van der Waals surface area contributed by atoms with Crippen molar-refractivity contribution in [3.63, 3.8) is 0 Å². The Kier molecular flexibility index (Phi) is 2.92. The largest absolute Gasteiger partial charge is 0.480 e. The molecule has 1 N–H and O–H groups in total. The number of carboxylic acids is 1.